The molecule has 1 unspecified atom stereocenters. The van der Waals surface area contributed by atoms with Crippen molar-refractivity contribution in [2.45, 2.75) is 49.0 Å². The number of aryl methyl sites for hydroxylation is 1. The van der Waals surface area contributed by atoms with Gasteiger partial charge in [-0.1, -0.05) is 39.0 Å². The summed E-state index contributed by atoms with van der Waals surface area (Å²) in [6, 6.07) is 12.3. The molecule has 1 heterocycles. The average molecular weight is 360 g/mol. The summed E-state index contributed by atoms with van der Waals surface area (Å²) < 4.78 is 37.2. The van der Waals surface area contributed by atoms with Crippen molar-refractivity contribution in [3.8, 4) is 5.75 Å². The van der Waals surface area contributed by atoms with Gasteiger partial charge in [-0.3, -0.25) is 0 Å². The second kappa shape index (κ2) is 6.46. The zero-order chi connectivity index (χ0) is 18.2. The summed E-state index contributed by atoms with van der Waals surface area (Å²) in [6.07, 6.45) is 0.0628. The Bertz CT molecular complexity index is 875. The highest BCUT2D eigenvalue weighted by Gasteiger charge is 2.28. The molecule has 0 spiro atoms. The van der Waals surface area contributed by atoms with E-state index < -0.39 is 9.84 Å². The van der Waals surface area contributed by atoms with E-state index in [1.807, 2.05) is 25.1 Å². The van der Waals surface area contributed by atoms with E-state index in [4.69, 9.17) is 9.47 Å². The standard InChI is InChI=1S/C20H24O4S/c1-14-6-5-7-17(10-14)25(21,22)19-9-8-15(20(2,3)4)11-18(19)24-13-16-12-23-16/h5-11,16H,12-13H2,1-4H3. The highest BCUT2D eigenvalue weighted by molar-refractivity contribution is 7.91. The molecular formula is C20H24O4S. The Hall–Kier alpha value is -1.85. The van der Waals surface area contributed by atoms with Crippen LogP contribution in [0.25, 0.3) is 0 Å². The SMILES string of the molecule is Cc1cccc(S(=O)(=O)c2ccc(C(C)(C)C)cc2OCC2CO2)c1. The van der Waals surface area contributed by atoms with Gasteiger partial charge in [0.15, 0.2) is 0 Å². The molecule has 0 N–H and O–H groups in total. The highest BCUT2D eigenvalue weighted by atomic mass is 32.2. The first-order valence-corrected chi connectivity index (χ1v) is 9.87. The molecule has 3 rings (SSSR count). The van der Waals surface area contributed by atoms with Crippen LogP contribution in [-0.2, 0) is 20.0 Å². The summed E-state index contributed by atoms with van der Waals surface area (Å²) in [6.45, 7) is 9.17. The Morgan fingerprint density at radius 2 is 1.88 bits per heavy atom. The van der Waals surface area contributed by atoms with E-state index in [1.165, 1.54) is 0 Å². The van der Waals surface area contributed by atoms with Gasteiger partial charge in [0.2, 0.25) is 9.84 Å². The van der Waals surface area contributed by atoms with Crippen LogP contribution in [0.1, 0.15) is 31.9 Å². The molecule has 2 aromatic rings. The molecule has 0 amide bonds. The quantitative estimate of drug-likeness (QED) is 0.759. The Balaban J connectivity index is 2.06. The molecule has 1 atom stereocenters. The Morgan fingerprint density at radius 1 is 1.16 bits per heavy atom. The Labute approximate surface area is 149 Å². The van der Waals surface area contributed by atoms with E-state index >= 15 is 0 Å². The molecule has 1 saturated heterocycles. The number of epoxide rings is 1. The van der Waals surface area contributed by atoms with Gasteiger partial charge in [0.1, 0.15) is 23.4 Å². The van der Waals surface area contributed by atoms with E-state index in [9.17, 15) is 8.42 Å². The van der Waals surface area contributed by atoms with Crippen LogP contribution in [0.3, 0.4) is 0 Å². The number of sulfone groups is 1. The number of ether oxygens (including phenoxy) is 2. The van der Waals surface area contributed by atoms with Gasteiger partial charge in [-0.25, -0.2) is 8.42 Å². The van der Waals surface area contributed by atoms with Crippen LogP contribution in [0.5, 0.6) is 5.75 Å². The van der Waals surface area contributed by atoms with Crippen molar-refractivity contribution in [1.82, 2.24) is 0 Å². The van der Waals surface area contributed by atoms with Gasteiger partial charge in [0, 0.05) is 0 Å². The maximum Gasteiger partial charge on any atom is 0.210 e. The number of hydrogen-bond donors (Lipinski definition) is 0. The van der Waals surface area contributed by atoms with Gasteiger partial charge in [-0.05, 0) is 47.7 Å². The maximum atomic E-state index is 13.1. The van der Waals surface area contributed by atoms with Gasteiger partial charge in [-0.2, -0.15) is 0 Å². The average Bonchev–Trinajstić information content (AvgIpc) is 3.36. The molecule has 134 valence electrons. The first-order chi connectivity index (χ1) is 11.7. The van der Waals surface area contributed by atoms with Crippen LogP contribution in [0.2, 0.25) is 0 Å². The van der Waals surface area contributed by atoms with E-state index in [2.05, 4.69) is 20.8 Å². The second-order valence-corrected chi connectivity index (χ2v) is 9.42. The lowest BCUT2D eigenvalue weighted by Gasteiger charge is -2.21. The van der Waals surface area contributed by atoms with Crippen molar-refractivity contribution in [2.75, 3.05) is 13.2 Å². The van der Waals surface area contributed by atoms with Crippen molar-refractivity contribution >= 4 is 9.84 Å². The molecule has 2 aromatic carbocycles. The summed E-state index contributed by atoms with van der Waals surface area (Å²) in [5.74, 6) is 0.393. The molecule has 0 radical (unpaired) electrons. The smallest absolute Gasteiger partial charge is 0.210 e. The molecular weight excluding hydrogens is 336 g/mol. The van der Waals surface area contributed by atoms with Crippen LogP contribution >= 0.6 is 0 Å². The van der Waals surface area contributed by atoms with Crippen LogP contribution in [-0.4, -0.2) is 27.7 Å². The lowest BCUT2D eigenvalue weighted by molar-refractivity contribution is 0.257. The first-order valence-electron chi connectivity index (χ1n) is 8.38. The minimum atomic E-state index is -3.65. The van der Waals surface area contributed by atoms with Crippen molar-refractivity contribution in [3.63, 3.8) is 0 Å². The minimum Gasteiger partial charge on any atom is -0.489 e. The van der Waals surface area contributed by atoms with Gasteiger partial charge in [-0.15, -0.1) is 0 Å². The summed E-state index contributed by atoms with van der Waals surface area (Å²) in [4.78, 5) is 0.482. The van der Waals surface area contributed by atoms with Gasteiger partial charge in [0.05, 0.1) is 11.5 Å². The third kappa shape index (κ3) is 4.05. The first kappa shape index (κ1) is 18.0. The monoisotopic (exact) mass is 360 g/mol. The molecule has 1 fully saturated rings. The van der Waals surface area contributed by atoms with Crippen LogP contribution in [0.4, 0.5) is 0 Å². The van der Waals surface area contributed by atoms with Crippen LogP contribution in [0, 0.1) is 6.92 Å². The van der Waals surface area contributed by atoms with E-state index in [0.29, 0.717) is 19.0 Å². The molecule has 0 aromatic heterocycles. The Kier molecular flexibility index (Phi) is 4.64. The highest BCUT2D eigenvalue weighted by Crippen LogP contribution is 2.34. The Morgan fingerprint density at radius 3 is 2.48 bits per heavy atom. The number of hydrogen-bond acceptors (Lipinski definition) is 4. The topological polar surface area (TPSA) is 55.9 Å². The summed E-state index contributed by atoms with van der Waals surface area (Å²) in [7, 11) is -3.65. The lowest BCUT2D eigenvalue weighted by Crippen LogP contribution is -2.14. The van der Waals surface area contributed by atoms with Crippen LogP contribution < -0.4 is 4.74 Å². The molecule has 5 heteroatoms. The normalized spacial score (nSPS) is 17.4. The summed E-state index contributed by atoms with van der Waals surface area (Å²) in [5.41, 5.74) is 1.84. The number of benzene rings is 2. The fraction of sp³-hybridized carbons (Fsp3) is 0.400. The molecule has 4 nitrogen and oxygen atoms in total. The van der Waals surface area contributed by atoms with E-state index in [0.717, 1.165) is 11.1 Å². The van der Waals surface area contributed by atoms with Crippen molar-refractivity contribution in [1.29, 1.82) is 0 Å². The largest absolute Gasteiger partial charge is 0.489 e. The molecule has 0 bridgehead atoms. The predicted molar refractivity (Wildman–Crippen MR) is 97.0 cm³/mol. The summed E-state index contributed by atoms with van der Waals surface area (Å²) in [5, 5.41) is 0. The van der Waals surface area contributed by atoms with E-state index in [1.54, 1.807) is 24.3 Å². The van der Waals surface area contributed by atoms with E-state index in [-0.39, 0.29) is 21.3 Å². The fourth-order valence-electron chi connectivity index (χ4n) is 2.57. The predicted octanol–water partition coefficient (Wildman–Crippen LogP) is 3.90. The van der Waals surface area contributed by atoms with Crippen molar-refractivity contribution in [2.24, 2.45) is 0 Å². The van der Waals surface area contributed by atoms with Crippen molar-refractivity contribution in [3.05, 3.63) is 53.6 Å². The zero-order valence-corrected chi connectivity index (χ0v) is 15.9. The van der Waals surface area contributed by atoms with Gasteiger partial charge in [0.25, 0.3) is 0 Å². The molecule has 0 saturated carbocycles. The summed E-state index contributed by atoms with van der Waals surface area (Å²) >= 11 is 0. The van der Waals surface area contributed by atoms with Gasteiger partial charge < -0.3 is 9.47 Å². The molecule has 1 aliphatic heterocycles. The van der Waals surface area contributed by atoms with Gasteiger partial charge >= 0.3 is 0 Å². The lowest BCUT2D eigenvalue weighted by atomic mass is 9.87. The molecule has 0 aliphatic carbocycles. The molecule has 25 heavy (non-hydrogen) atoms. The van der Waals surface area contributed by atoms with Crippen LogP contribution in [0.15, 0.2) is 52.3 Å². The third-order valence-electron chi connectivity index (χ3n) is 4.23. The maximum absolute atomic E-state index is 13.1. The fourth-order valence-corrected chi connectivity index (χ4v) is 4.05. The zero-order valence-electron chi connectivity index (χ0n) is 15.1. The minimum absolute atomic E-state index is 0.0628. The second-order valence-electron chi connectivity index (χ2n) is 7.50. The van der Waals surface area contributed by atoms with Crippen molar-refractivity contribution < 1.29 is 17.9 Å². The molecule has 1 aliphatic rings. The third-order valence-corrected chi connectivity index (χ3v) is 6.02. The number of rotatable bonds is 5.